The van der Waals surface area contributed by atoms with Crippen LogP contribution in [0.4, 0.5) is 0 Å². The van der Waals surface area contributed by atoms with Crippen molar-refractivity contribution in [1.29, 1.82) is 10.8 Å². The van der Waals surface area contributed by atoms with Crippen molar-refractivity contribution in [2.45, 2.75) is 0 Å². The summed E-state index contributed by atoms with van der Waals surface area (Å²) in [5.74, 6) is 0.961. The average Bonchev–Trinajstić information content (AvgIpc) is 3.29. The second-order valence-electron chi connectivity index (χ2n) is 7.99. The van der Waals surface area contributed by atoms with Gasteiger partial charge < -0.3 is 20.6 Å². The van der Waals surface area contributed by atoms with Crippen molar-refractivity contribution in [3.63, 3.8) is 0 Å². The van der Waals surface area contributed by atoms with E-state index in [0.717, 1.165) is 44.5 Å². The van der Waals surface area contributed by atoms with Gasteiger partial charge in [0.05, 0.1) is 11.0 Å². The van der Waals surface area contributed by atoms with Crippen LogP contribution < -0.4 is 11.5 Å². The van der Waals surface area contributed by atoms with Gasteiger partial charge in [0.2, 0.25) is 0 Å². The normalized spacial score (nSPS) is 11.3. The van der Waals surface area contributed by atoms with Crippen molar-refractivity contribution in [1.82, 2.24) is 14.1 Å². The molecule has 7 heteroatoms. The smallest absolute Gasteiger partial charge is 0.143 e. The number of aromatic nitrogens is 3. The van der Waals surface area contributed by atoms with Gasteiger partial charge >= 0.3 is 0 Å². The van der Waals surface area contributed by atoms with E-state index in [1.54, 1.807) is 0 Å². The van der Waals surface area contributed by atoms with Crippen LogP contribution >= 0.6 is 0 Å². The fourth-order valence-corrected chi connectivity index (χ4v) is 4.19. The third-order valence-corrected chi connectivity index (χ3v) is 5.95. The molecule has 0 spiro atoms. The highest BCUT2D eigenvalue weighted by molar-refractivity contribution is 6.01. The molecule has 0 aliphatic carbocycles. The summed E-state index contributed by atoms with van der Waals surface area (Å²) in [5, 5.41) is 16.4. The predicted octanol–water partition coefficient (Wildman–Crippen LogP) is 3.97. The number of imidazole rings is 1. The number of nitrogens with two attached hydrogens (primary N) is 2. The minimum absolute atomic E-state index is 0.0419. The van der Waals surface area contributed by atoms with E-state index < -0.39 is 0 Å². The van der Waals surface area contributed by atoms with E-state index in [2.05, 4.69) is 29.0 Å². The third kappa shape index (κ3) is 3.02. The number of amidine groups is 2. The Kier molecular flexibility index (Phi) is 4.34. The van der Waals surface area contributed by atoms with Crippen LogP contribution in [0.25, 0.3) is 44.5 Å². The Morgan fingerprint density at radius 3 is 2.12 bits per heavy atom. The summed E-state index contributed by atoms with van der Waals surface area (Å²) in [6, 6.07) is 19.7. The lowest BCUT2D eigenvalue weighted by molar-refractivity contribution is 0.945. The highest BCUT2D eigenvalue weighted by Crippen LogP contribution is 2.34. The standard InChI is InChI=1S/C25H23N7/c1-31-13-19(25-30-20-9-7-17(24(28)29)12-22(20)32(25)2)18-11-16(8-10-21(18)31)14-3-5-15(6-4-14)23(26)27/h3-13H,1-2H3,(H3,26,27)(H3,28,29). The van der Waals surface area contributed by atoms with Crippen LogP contribution in [0.2, 0.25) is 0 Å². The van der Waals surface area contributed by atoms with E-state index in [0.29, 0.717) is 11.1 Å². The number of nitrogens with zero attached hydrogens (tertiary/aromatic N) is 3. The van der Waals surface area contributed by atoms with Gasteiger partial charge in [-0.25, -0.2) is 4.98 Å². The maximum Gasteiger partial charge on any atom is 0.143 e. The summed E-state index contributed by atoms with van der Waals surface area (Å²) in [7, 11) is 4.02. The van der Waals surface area contributed by atoms with E-state index in [9.17, 15) is 0 Å². The second kappa shape index (κ2) is 7.09. The summed E-state index contributed by atoms with van der Waals surface area (Å²) in [6.45, 7) is 0. The highest BCUT2D eigenvalue weighted by Gasteiger charge is 2.17. The summed E-state index contributed by atoms with van der Waals surface area (Å²) in [4.78, 5) is 4.88. The Morgan fingerprint density at radius 2 is 1.44 bits per heavy atom. The van der Waals surface area contributed by atoms with Gasteiger partial charge in [0.25, 0.3) is 0 Å². The van der Waals surface area contributed by atoms with Gasteiger partial charge in [0.15, 0.2) is 0 Å². The first-order valence-electron chi connectivity index (χ1n) is 10.2. The van der Waals surface area contributed by atoms with Crippen LogP contribution in [0.5, 0.6) is 0 Å². The van der Waals surface area contributed by atoms with Gasteiger partial charge in [-0.3, -0.25) is 10.8 Å². The molecule has 158 valence electrons. The van der Waals surface area contributed by atoms with Crippen LogP contribution in [-0.2, 0) is 14.1 Å². The van der Waals surface area contributed by atoms with Gasteiger partial charge in [-0.2, -0.15) is 0 Å². The molecule has 3 aromatic carbocycles. The molecule has 0 aliphatic heterocycles. The molecule has 2 heterocycles. The van der Waals surface area contributed by atoms with Gasteiger partial charge in [-0.15, -0.1) is 0 Å². The molecule has 6 N–H and O–H groups in total. The number of hydrogen-bond donors (Lipinski definition) is 4. The molecule has 5 aromatic rings. The Bertz CT molecular complexity index is 1530. The third-order valence-electron chi connectivity index (χ3n) is 5.95. The number of benzene rings is 3. The molecule has 7 nitrogen and oxygen atoms in total. The Labute approximate surface area is 184 Å². The van der Waals surface area contributed by atoms with Gasteiger partial charge in [-0.05, 0) is 41.5 Å². The quantitative estimate of drug-likeness (QED) is 0.259. The topological polar surface area (TPSA) is 122 Å². The van der Waals surface area contributed by atoms with Crippen LogP contribution in [0.3, 0.4) is 0 Å². The zero-order valence-corrected chi connectivity index (χ0v) is 17.8. The molecule has 32 heavy (non-hydrogen) atoms. The van der Waals surface area contributed by atoms with Crippen molar-refractivity contribution < 1.29 is 0 Å². The largest absolute Gasteiger partial charge is 0.384 e. The van der Waals surface area contributed by atoms with Crippen molar-refractivity contribution in [2.75, 3.05) is 0 Å². The lowest BCUT2D eigenvalue weighted by Crippen LogP contribution is -2.10. The zero-order valence-electron chi connectivity index (χ0n) is 17.8. The molecule has 2 aromatic heterocycles. The molecule has 0 unspecified atom stereocenters. The second-order valence-corrected chi connectivity index (χ2v) is 7.99. The van der Waals surface area contributed by atoms with Crippen LogP contribution in [0, 0.1) is 10.8 Å². The van der Waals surface area contributed by atoms with Gasteiger partial charge in [0.1, 0.15) is 17.5 Å². The summed E-state index contributed by atoms with van der Waals surface area (Å²) < 4.78 is 4.15. The first kappa shape index (κ1) is 19.6. The number of aryl methyl sites for hydroxylation is 2. The van der Waals surface area contributed by atoms with Crippen LogP contribution in [0.1, 0.15) is 11.1 Å². The fraction of sp³-hybridized carbons (Fsp3) is 0.0800. The number of rotatable bonds is 4. The van der Waals surface area contributed by atoms with E-state index in [1.807, 2.05) is 61.1 Å². The lowest BCUT2D eigenvalue weighted by Gasteiger charge is -2.06. The molecular formula is C25H23N7. The molecule has 0 saturated heterocycles. The van der Waals surface area contributed by atoms with Gasteiger partial charge in [-0.1, -0.05) is 30.3 Å². The zero-order chi connectivity index (χ0) is 22.6. The van der Waals surface area contributed by atoms with Crippen LogP contribution in [-0.4, -0.2) is 25.8 Å². The number of hydrogen-bond acceptors (Lipinski definition) is 3. The van der Waals surface area contributed by atoms with E-state index >= 15 is 0 Å². The SMILES string of the molecule is Cn1cc(-c2nc3ccc(C(=N)N)cc3n2C)c2cc(-c3ccc(C(=N)N)cc3)ccc21. The predicted molar refractivity (Wildman–Crippen MR) is 130 cm³/mol. The minimum Gasteiger partial charge on any atom is -0.384 e. The molecule has 0 aliphatic rings. The molecule has 0 atom stereocenters. The molecule has 0 saturated carbocycles. The maximum absolute atomic E-state index is 7.73. The van der Waals surface area contributed by atoms with E-state index in [4.69, 9.17) is 27.3 Å². The van der Waals surface area contributed by atoms with E-state index in [1.165, 1.54) is 0 Å². The molecular weight excluding hydrogens is 398 g/mol. The Hall–Kier alpha value is -4.39. The average molecular weight is 422 g/mol. The number of fused-ring (bicyclic) bond motifs is 2. The van der Waals surface area contributed by atoms with E-state index in [-0.39, 0.29) is 11.7 Å². The maximum atomic E-state index is 7.73. The van der Waals surface area contributed by atoms with Crippen molar-refractivity contribution in [2.24, 2.45) is 25.6 Å². The highest BCUT2D eigenvalue weighted by atomic mass is 15.1. The number of nitrogens with one attached hydrogen (secondary N) is 2. The summed E-state index contributed by atoms with van der Waals surface area (Å²) in [6.07, 6.45) is 2.10. The fourth-order valence-electron chi connectivity index (χ4n) is 4.19. The molecule has 5 rings (SSSR count). The molecule has 0 radical (unpaired) electrons. The van der Waals surface area contributed by atoms with Crippen molar-refractivity contribution in [3.05, 3.63) is 78.0 Å². The molecule has 0 bridgehead atoms. The monoisotopic (exact) mass is 421 g/mol. The molecule has 0 amide bonds. The summed E-state index contributed by atoms with van der Waals surface area (Å²) in [5.41, 5.74) is 18.7. The van der Waals surface area contributed by atoms with Crippen molar-refractivity contribution in [3.8, 4) is 22.5 Å². The van der Waals surface area contributed by atoms with Gasteiger partial charge in [0, 0.05) is 47.9 Å². The first-order valence-corrected chi connectivity index (χ1v) is 10.2. The molecule has 0 fully saturated rings. The lowest BCUT2D eigenvalue weighted by atomic mass is 10.0. The number of nitrogen functional groups attached to an aromatic ring is 2. The van der Waals surface area contributed by atoms with Crippen molar-refractivity contribution >= 4 is 33.6 Å². The van der Waals surface area contributed by atoms with Crippen LogP contribution in [0.15, 0.2) is 66.9 Å². The Balaban J connectivity index is 1.68. The minimum atomic E-state index is 0.0419. The Morgan fingerprint density at radius 1 is 0.781 bits per heavy atom. The summed E-state index contributed by atoms with van der Waals surface area (Å²) >= 11 is 0. The first-order chi connectivity index (χ1) is 15.3.